The number of methoxy groups -OCH3 is 1. The minimum Gasteiger partial charge on any atom is -0.467 e. The zero-order valence-corrected chi connectivity index (χ0v) is 15.3. The number of nitrogens with one attached hydrogen (secondary N) is 1. The van der Waals surface area contributed by atoms with Gasteiger partial charge in [0.2, 0.25) is 11.9 Å². The summed E-state index contributed by atoms with van der Waals surface area (Å²) < 4.78 is 5.26. The van der Waals surface area contributed by atoms with E-state index in [0.29, 0.717) is 24.5 Å². The lowest BCUT2D eigenvalue weighted by Crippen LogP contribution is -2.27. The van der Waals surface area contributed by atoms with Gasteiger partial charge in [-0.1, -0.05) is 37.1 Å². The topological polar surface area (TPSA) is 83.4 Å². The molecule has 0 unspecified atom stereocenters. The number of aliphatic hydroxyl groups excluding tert-OH is 1. The Kier molecular flexibility index (Phi) is 6.60. The molecule has 2 aromatic rings. The largest absolute Gasteiger partial charge is 0.467 e. The summed E-state index contributed by atoms with van der Waals surface area (Å²) in [5.74, 6) is 1.23. The SMILES string of the molecule is COc1nc(NCCc2ccc(CO)cc2)nc(N2CCCCCC2)n1. The summed E-state index contributed by atoms with van der Waals surface area (Å²) in [6.07, 6.45) is 5.71. The van der Waals surface area contributed by atoms with Gasteiger partial charge in [-0.15, -0.1) is 0 Å². The maximum absolute atomic E-state index is 9.10. The molecular weight excluding hydrogens is 330 g/mol. The highest BCUT2D eigenvalue weighted by molar-refractivity contribution is 5.38. The highest BCUT2D eigenvalue weighted by Gasteiger charge is 2.15. The number of aliphatic hydroxyl groups is 1. The zero-order valence-electron chi connectivity index (χ0n) is 15.3. The molecule has 0 aliphatic carbocycles. The molecule has 3 rings (SSSR count). The summed E-state index contributed by atoms with van der Waals surface area (Å²) in [4.78, 5) is 15.5. The van der Waals surface area contributed by atoms with E-state index in [0.717, 1.165) is 25.1 Å². The molecule has 1 saturated heterocycles. The number of nitrogens with zero attached hydrogens (tertiary/aromatic N) is 4. The molecule has 7 heteroatoms. The highest BCUT2D eigenvalue weighted by atomic mass is 16.5. The molecule has 26 heavy (non-hydrogen) atoms. The lowest BCUT2D eigenvalue weighted by Gasteiger charge is -2.20. The Bertz CT molecular complexity index is 685. The van der Waals surface area contributed by atoms with Crippen molar-refractivity contribution >= 4 is 11.9 Å². The van der Waals surface area contributed by atoms with Crippen LogP contribution in [0.2, 0.25) is 0 Å². The lowest BCUT2D eigenvalue weighted by molar-refractivity contribution is 0.282. The van der Waals surface area contributed by atoms with E-state index in [4.69, 9.17) is 9.84 Å². The predicted octanol–water partition coefficient (Wildman–Crippen LogP) is 2.41. The van der Waals surface area contributed by atoms with Gasteiger partial charge in [0.05, 0.1) is 13.7 Å². The van der Waals surface area contributed by atoms with E-state index >= 15 is 0 Å². The Morgan fingerprint density at radius 1 is 1.00 bits per heavy atom. The summed E-state index contributed by atoms with van der Waals surface area (Å²) in [5, 5.41) is 12.4. The maximum Gasteiger partial charge on any atom is 0.322 e. The van der Waals surface area contributed by atoms with E-state index in [1.165, 1.54) is 31.2 Å². The van der Waals surface area contributed by atoms with Gasteiger partial charge in [0.25, 0.3) is 0 Å². The van der Waals surface area contributed by atoms with Crippen molar-refractivity contribution in [3.8, 4) is 6.01 Å². The van der Waals surface area contributed by atoms with Crippen LogP contribution in [0.3, 0.4) is 0 Å². The molecule has 1 aliphatic heterocycles. The smallest absolute Gasteiger partial charge is 0.322 e. The van der Waals surface area contributed by atoms with E-state index in [-0.39, 0.29) is 6.61 Å². The normalized spacial score (nSPS) is 14.8. The summed E-state index contributed by atoms with van der Waals surface area (Å²) in [6.45, 7) is 2.74. The molecule has 0 radical (unpaired) electrons. The van der Waals surface area contributed by atoms with E-state index < -0.39 is 0 Å². The van der Waals surface area contributed by atoms with Crippen LogP contribution in [-0.2, 0) is 13.0 Å². The number of benzene rings is 1. The lowest BCUT2D eigenvalue weighted by atomic mass is 10.1. The van der Waals surface area contributed by atoms with E-state index in [9.17, 15) is 0 Å². The fraction of sp³-hybridized carbons (Fsp3) is 0.526. The molecule has 0 amide bonds. The Hall–Kier alpha value is -2.41. The van der Waals surface area contributed by atoms with Crippen LogP contribution in [0.25, 0.3) is 0 Å². The van der Waals surface area contributed by atoms with Gasteiger partial charge in [-0.25, -0.2) is 0 Å². The van der Waals surface area contributed by atoms with Gasteiger partial charge >= 0.3 is 6.01 Å². The molecule has 1 aliphatic rings. The summed E-state index contributed by atoms with van der Waals surface area (Å²) >= 11 is 0. The van der Waals surface area contributed by atoms with Gasteiger partial charge < -0.3 is 20.1 Å². The van der Waals surface area contributed by atoms with Crippen molar-refractivity contribution in [2.75, 3.05) is 37.0 Å². The molecule has 0 spiro atoms. The van der Waals surface area contributed by atoms with Crippen LogP contribution in [0.5, 0.6) is 6.01 Å². The Morgan fingerprint density at radius 2 is 1.69 bits per heavy atom. The maximum atomic E-state index is 9.10. The molecule has 7 nitrogen and oxygen atoms in total. The zero-order chi connectivity index (χ0) is 18.2. The molecule has 0 bridgehead atoms. The quantitative estimate of drug-likeness (QED) is 0.787. The summed E-state index contributed by atoms with van der Waals surface area (Å²) in [7, 11) is 1.58. The third-order valence-electron chi connectivity index (χ3n) is 4.58. The van der Waals surface area contributed by atoms with Crippen molar-refractivity contribution in [3.05, 3.63) is 35.4 Å². The number of anilines is 2. The minimum absolute atomic E-state index is 0.0719. The van der Waals surface area contributed by atoms with Gasteiger partial charge in [-0.3, -0.25) is 0 Å². The molecule has 2 N–H and O–H groups in total. The van der Waals surface area contributed by atoms with Crippen molar-refractivity contribution in [2.24, 2.45) is 0 Å². The second-order valence-electron chi connectivity index (χ2n) is 6.50. The van der Waals surface area contributed by atoms with Crippen LogP contribution < -0.4 is 15.0 Å². The van der Waals surface area contributed by atoms with Crippen LogP contribution in [0.15, 0.2) is 24.3 Å². The van der Waals surface area contributed by atoms with Gasteiger partial charge in [-0.2, -0.15) is 15.0 Å². The Balaban J connectivity index is 1.63. The molecule has 1 aromatic carbocycles. The third kappa shape index (κ3) is 5.05. The molecule has 0 atom stereocenters. The van der Waals surface area contributed by atoms with Crippen LogP contribution in [0, 0.1) is 0 Å². The predicted molar refractivity (Wildman–Crippen MR) is 102 cm³/mol. The fourth-order valence-electron chi connectivity index (χ4n) is 3.06. The third-order valence-corrected chi connectivity index (χ3v) is 4.58. The van der Waals surface area contributed by atoms with Crippen molar-refractivity contribution in [1.82, 2.24) is 15.0 Å². The molecule has 140 valence electrons. The van der Waals surface area contributed by atoms with Crippen molar-refractivity contribution < 1.29 is 9.84 Å². The standard InChI is InChI=1S/C19H27N5O2/c1-26-19-22-17(20-11-10-15-6-8-16(14-25)9-7-15)21-18(23-19)24-12-4-2-3-5-13-24/h6-9,25H,2-5,10-14H2,1H3,(H,20,21,22,23). The molecular formula is C19H27N5O2. The van der Waals surface area contributed by atoms with Crippen molar-refractivity contribution in [3.63, 3.8) is 0 Å². The van der Waals surface area contributed by atoms with Gasteiger partial charge in [0.15, 0.2) is 0 Å². The monoisotopic (exact) mass is 357 g/mol. The summed E-state index contributed by atoms with van der Waals surface area (Å²) in [6, 6.07) is 8.29. The van der Waals surface area contributed by atoms with Gasteiger partial charge in [0, 0.05) is 19.6 Å². The first-order valence-electron chi connectivity index (χ1n) is 9.26. The number of rotatable bonds is 7. The second kappa shape index (κ2) is 9.33. The Labute approximate surface area is 154 Å². The van der Waals surface area contributed by atoms with E-state index in [2.05, 4.69) is 25.2 Å². The molecule has 2 heterocycles. The number of hydrogen-bond donors (Lipinski definition) is 2. The first kappa shape index (κ1) is 18.4. The van der Waals surface area contributed by atoms with Crippen molar-refractivity contribution in [1.29, 1.82) is 0 Å². The average molecular weight is 357 g/mol. The van der Waals surface area contributed by atoms with E-state index in [1.807, 2.05) is 24.3 Å². The van der Waals surface area contributed by atoms with Crippen molar-refractivity contribution in [2.45, 2.75) is 38.7 Å². The van der Waals surface area contributed by atoms with Crippen LogP contribution in [-0.4, -0.2) is 46.8 Å². The van der Waals surface area contributed by atoms with Crippen LogP contribution in [0.4, 0.5) is 11.9 Å². The number of hydrogen-bond acceptors (Lipinski definition) is 7. The summed E-state index contributed by atoms with van der Waals surface area (Å²) in [5.41, 5.74) is 2.12. The second-order valence-corrected chi connectivity index (χ2v) is 6.50. The number of aromatic nitrogens is 3. The Morgan fingerprint density at radius 3 is 2.35 bits per heavy atom. The first-order chi connectivity index (χ1) is 12.8. The molecule has 0 saturated carbocycles. The van der Waals surface area contributed by atoms with Gasteiger partial charge in [0.1, 0.15) is 0 Å². The highest BCUT2D eigenvalue weighted by Crippen LogP contribution is 2.19. The average Bonchev–Trinajstić information content (AvgIpc) is 2.98. The van der Waals surface area contributed by atoms with Gasteiger partial charge in [-0.05, 0) is 30.4 Å². The van der Waals surface area contributed by atoms with Crippen LogP contribution in [0.1, 0.15) is 36.8 Å². The molecule has 1 aromatic heterocycles. The fourth-order valence-corrected chi connectivity index (χ4v) is 3.06. The van der Waals surface area contributed by atoms with Crippen LogP contribution >= 0.6 is 0 Å². The van der Waals surface area contributed by atoms with E-state index in [1.54, 1.807) is 7.11 Å². The minimum atomic E-state index is 0.0719. The first-order valence-corrected chi connectivity index (χ1v) is 9.26. The number of ether oxygens (including phenoxy) is 1. The molecule has 1 fully saturated rings.